The number of piperidine rings is 1. The summed E-state index contributed by atoms with van der Waals surface area (Å²) in [6.07, 6.45) is 2.82. The molecule has 1 fully saturated rings. The number of hydrogen-bond donors (Lipinski definition) is 3. The molecule has 0 saturated carbocycles. The van der Waals surface area contributed by atoms with E-state index in [0.717, 1.165) is 43.6 Å². The quantitative estimate of drug-likeness (QED) is 0.430. The van der Waals surface area contributed by atoms with Crippen molar-refractivity contribution in [2.75, 3.05) is 20.6 Å². The minimum atomic E-state index is -1.14. The number of carboxylic acids is 1. The van der Waals surface area contributed by atoms with Crippen molar-refractivity contribution in [1.29, 1.82) is 0 Å². The molecule has 3 N–H and O–H groups in total. The SMILES string of the molecule is CC[C@H](C)[C@H](NC(=O)[C@H]1CCCCN1C)C(=O)N(C)[C@H](C[C@@H](O)c1nc(C(=O)O)cs1)C(C)C. The lowest BCUT2D eigenvalue weighted by Crippen LogP contribution is -2.58. The van der Waals surface area contributed by atoms with Gasteiger partial charge in [0.05, 0.1) is 6.04 Å². The predicted octanol–water partition coefficient (Wildman–Crippen LogP) is 2.76. The maximum Gasteiger partial charge on any atom is 0.355 e. The number of likely N-dealkylation sites (tertiary alicyclic amines) is 1. The standard InChI is InChI=1S/C24H40N4O5S/c1-7-15(4)20(26-21(30)17-10-8-9-11-27(17)5)23(31)28(6)18(14(2)3)12-19(29)22-25-16(13-34-22)24(32)33/h13-15,17-20,29H,7-12H2,1-6H3,(H,26,30)(H,32,33)/t15-,17+,18+,19+,20-/m0/s1. The third-order valence-electron chi connectivity index (χ3n) is 6.96. The zero-order chi connectivity index (χ0) is 25.6. The van der Waals surface area contributed by atoms with Crippen LogP contribution in [0.25, 0.3) is 0 Å². The summed E-state index contributed by atoms with van der Waals surface area (Å²) in [5.41, 5.74) is -0.100. The van der Waals surface area contributed by atoms with E-state index in [1.165, 1.54) is 5.38 Å². The summed E-state index contributed by atoms with van der Waals surface area (Å²) in [6, 6.07) is -1.20. The summed E-state index contributed by atoms with van der Waals surface area (Å²) in [4.78, 5) is 45.5. The molecule has 0 spiro atoms. The Hall–Kier alpha value is -2.04. The van der Waals surface area contributed by atoms with Gasteiger partial charge in [-0.15, -0.1) is 11.3 Å². The van der Waals surface area contributed by atoms with Crippen LogP contribution in [0, 0.1) is 11.8 Å². The van der Waals surface area contributed by atoms with Crippen LogP contribution in [0.3, 0.4) is 0 Å². The molecule has 10 heteroatoms. The van der Waals surface area contributed by atoms with Gasteiger partial charge in [0, 0.05) is 24.9 Å². The normalized spacial score (nSPS) is 20.4. The largest absolute Gasteiger partial charge is 0.476 e. The Bertz CT molecular complexity index is 845. The van der Waals surface area contributed by atoms with Crippen molar-refractivity contribution in [3.63, 3.8) is 0 Å². The van der Waals surface area contributed by atoms with Crippen molar-refractivity contribution < 1.29 is 24.6 Å². The molecule has 1 aliphatic heterocycles. The van der Waals surface area contributed by atoms with Gasteiger partial charge in [0.15, 0.2) is 5.69 Å². The summed E-state index contributed by atoms with van der Waals surface area (Å²) < 4.78 is 0. The van der Waals surface area contributed by atoms with Crippen LogP contribution >= 0.6 is 11.3 Å². The molecule has 0 aliphatic carbocycles. The highest BCUT2D eigenvalue weighted by molar-refractivity contribution is 7.09. The van der Waals surface area contributed by atoms with Crippen molar-refractivity contribution in [3.8, 4) is 0 Å². The molecule has 0 radical (unpaired) electrons. The number of thiazole rings is 1. The van der Waals surface area contributed by atoms with Crippen LogP contribution in [-0.2, 0) is 9.59 Å². The Balaban J connectivity index is 2.16. The van der Waals surface area contributed by atoms with Crippen LogP contribution < -0.4 is 5.32 Å². The lowest BCUT2D eigenvalue weighted by Gasteiger charge is -2.38. The van der Waals surface area contributed by atoms with Gasteiger partial charge in [0.2, 0.25) is 11.8 Å². The smallest absolute Gasteiger partial charge is 0.355 e. The molecule has 1 aromatic rings. The highest BCUT2D eigenvalue weighted by atomic mass is 32.1. The van der Waals surface area contributed by atoms with E-state index in [1.54, 1.807) is 11.9 Å². The lowest BCUT2D eigenvalue weighted by molar-refractivity contribution is -0.141. The van der Waals surface area contributed by atoms with E-state index in [-0.39, 0.29) is 47.8 Å². The van der Waals surface area contributed by atoms with Crippen LogP contribution in [0.4, 0.5) is 0 Å². The lowest BCUT2D eigenvalue weighted by atomic mass is 9.92. The van der Waals surface area contributed by atoms with E-state index < -0.39 is 18.1 Å². The van der Waals surface area contributed by atoms with E-state index in [1.807, 2.05) is 39.6 Å². The van der Waals surface area contributed by atoms with Crippen LogP contribution in [0.1, 0.15) is 81.4 Å². The molecule has 2 rings (SSSR count). The number of aromatic nitrogens is 1. The Morgan fingerprint density at radius 3 is 2.50 bits per heavy atom. The van der Waals surface area contributed by atoms with Crippen LogP contribution in [0.2, 0.25) is 0 Å². The van der Waals surface area contributed by atoms with E-state index >= 15 is 0 Å². The van der Waals surface area contributed by atoms with Gasteiger partial charge in [-0.05, 0) is 38.3 Å². The average Bonchev–Trinajstić information content (AvgIpc) is 3.30. The first kappa shape index (κ1) is 28.2. The van der Waals surface area contributed by atoms with E-state index in [0.29, 0.717) is 5.01 Å². The highest BCUT2D eigenvalue weighted by Crippen LogP contribution is 2.28. The highest BCUT2D eigenvalue weighted by Gasteiger charge is 2.36. The number of aliphatic hydroxyl groups excluding tert-OH is 1. The second-order valence-electron chi connectivity index (χ2n) is 9.75. The number of aromatic carboxylic acids is 1. The maximum absolute atomic E-state index is 13.6. The zero-order valence-electron chi connectivity index (χ0n) is 21.2. The molecule has 0 bridgehead atoms. The Kier molecular flexibility index (Phi) is 10.5. The molecule has 192 valence electrons. The number of carbonyl (C=O) groups is 3. The van der Waals surface area contributed by atoms with E-state index in [2.05, 4.69) is 10.3 Å². The number of nitrogens with one attached hydrogen (secondary N) is 1. The second-order valence-corrected chi connectivity index (χ2v) is 10.6. The molecule has 2 amide bonds. The van der Waals surface area contributed by atoms with Crippen molar-refractivity contribution in [1.82, 2.24) is 20.1 Å². The summed E-state index contributed by atoms with van der Waals surface area (Å²) in [6.45, 7) is 8.77. The number of hydrogen-bond acceptors (Lipinski definition) is 7. The van der Waals surface area contributed by atoms with Gasteiger partial charge < -0.3 is 20.4 Å². The molecular formula is C24H40N4O5S. The van der Waals surface area contributed by atoms with Gasteiger partial charge in [-0.1, -0.05) is 40.5 Å². The van der Waals surface area contributed by atoms with Gasteiger partial charge in [-0.25, -0.2) is 9.78 Å². The zero-order valence-corrected chi connectivity index (χ0v) is 22.0. The van der Waals surface area contributed by atoms with Crippen molar-refractivity contribution in [3.05, 3.63) is 16.1 Å². The number of likely N-dealkylation sites (N-methyl/N-ethyl adjacent to an activating group) is 2. The number of nitrogens with zero attached hydrogens (tertiary/aromatic N) is 3. The predicted molar refractivity (Wildman–Crippen MR) is 132 cm³/mol. The maximum atomic E-state index is 13.6. The van der Waals surface area contributed by atoms with Gasteiger partial charge in [0.1, 0.15) is 17.2 Å². The van der Waals surface area contributed by atoms with Crippen LogP contribution in [0.15, 0.2) is 5.38 Å². The van der Waals surface area contributed by atoms with Crippen LogP contribution in [-0.4, -0.2) is 81.5 Å². The minimum absolute atomic E-state index is 0.0280. The Morgan fingerprint density at radius 2 is 1.97 bits per heavy atom. The molecule has 34 heavy (non-hydrogen) atoms. The fourth-order valence-electron chi connectivity index (χ4n) is 4.47. The van der Waals surface area contributed by atoms with Crippen LogP contribution in [0.5, 0.6) is 0 Å². The average molecular weight is 497 g/mol. The van der Waals surface area contributed by atoms with E-state index in [9.17, 15) is 19.5 Å². The monoisotopic (exact) mass is 496 g/mol. The first-order valence-corrected chi connectivity index (χ1v) is 13.0. The number of rotatable bonds is 11. The van der Waals surface area contributed by atoms with Crippen molar-refractivity contribution >= 4 is 29.1 Å². The molecule has 0 unspecified atom stereocenters. The number of carbonyl (C=O) groups excluding carboxylic acids is 2. The Morgan fingerprint density at radius 1 is 1.29 bits per heavy atom. The molecule has 2 heterocycles. The topological polar surface area (TPSA) is 123 Å². The first-order chi connectivity index (χ1) is 16.0. The van der Waals surface area contributed by atoms with Gasteiger partial charge >= 0.3 is 5.97 Å². The fourth-order valence-corrected chi connectivity index (χ4v) is 5.26. The molecule has 1 aliphatic rings. The van der Waals surface area contributed by atoms with Crippen molar-refractivity contribution in [2.45, 2.75) is 84.0 Å². The van der Waals surface area contributed by atoms with Gasteiger partial charge in [-0.2, -0.15) is 0 Å². The Labute approximate surface area is 206 Å². The molecular weight excluding hydrogens is 456 g/mol. The van der Waals surface area contributed by atoms with E-state index in [4.69, 9.17) is 5.11 Å². The third-order valence-corrected chi connectivity index (χ3v) is 7.90. The third kappa shape index (κ3) is 6.99. The van der Waals surface area contributed by atoms with Gasteiger partial charge in [-0.3, -0.25) is 14.5 Å². The fraction of sp³-hybridized carbons (Fsp3) is 0.750. The number of amides is 2. The molecule has 9 nitrogen and oxygen atoms in total. The molecule has 1 saturated heterocycles. The van der Waals surface area contributed by atoms with Gasteiger partial charge in [0.25, 0.3) is 0 Å². The summed E-state index contributed by atoms with van der Waals surface area (Å²) in [7, 11) is 3.65. The molecule has 5 atom stereocenters. The van der Waals surface area contributed by atoms with Crippen molar-refractivity contribution in [2.24, 2.45) is 11.8 Å². The first-order valence-electron chi connectivity index (χ1n) is 12.1. The summed E-state index contributed by atoms with van der Waals surface area (Å²) in [5, 5.41) is 24.6. The second kappa shape index (κ2) is 12.6. The molecule has 0 aromatic carbocycles. The number of carboxylic acid groups (broad SMARTS) is 1. The number of aliphatic hydroxyl groups is 1. The minimum Gasteiger partial charge on any atom is -0.476 e. The summed E-state index contributed by atoms with van der Waals surface area (Å²) >= 11 is 1.09. The molecule has 1 aromatic heterocycles. The summed E-state index contributed by atoms with van der Waals surface area (Å²) in [5.74, 6) is -1.46.